The van der Waals surface area contributed by atoms with Crippen molar-refractivity contribution in [3.63, 3.8) is 0 Å². The smallest absolute Gasteiger partial charge is 0.278 e. The van der Waals surface area contributed by atoms with Crippen LogP contribution in [0.1, 0.15) is 50.8 Å². The average Bonchev–Trinajstić information content (AvgIpc) is 2.81. The van der Waals surface area contributed by atoms with Crippen LogP contribution < -0.4 is 9.30 Å². The topological polar surface area (TPSA) is 90.4 Å². The van der Waals surface area contributed by atoms with Crippen LogP contribution >= 0.6 is 0 Å². The van der Waals surface area contributed by atoms with Crippen LogP contribution in [-0.2, 0) is 19.4 Å². The van der Waals surface area contributed by atoms with Gasteiger partial charge in [0, 0.05) is 23.6 Å². The van der Waals surface area contributed by atoms with Gasteiger partial charge < -0.3 is 4.74 Å². The number of pyridine rings is 1. The molecule has 7 nitrogen and oxygen atoms in total. The number of carbonyl (C=O) groups excluding carboxylic acids is 2. The number of hydrogen-bond donors (Lipinski definition) is 0. The third-order valence-corrected chi connectivity index (χ3v) is 6.21. The summed E-state index contributed by atoms with van der Waals surface area (Å²) >= 11 is 0. The first-order valence-electron chi connectivity index (χ1n) is 10.8. The molecule has 0 spiro atoms. The van der Waals surface area contributed by atoms with Gasteiger partial charge in [-0.05, 0) is 61.6 Å². The predicted molar refractivity (Wildman–Crippen MR) is 122 cm³/mol. The molecule has 0 radical (unpaired) electrons. The second-order valence-electron chi connectivity index (χ2n) is 8.33. The predicted octanol–water partition coefficient (Wildman–Crippen LogP) is 4.13. The fourth-order valence-electron chi connectivity index (χ4n) is 4.47. The number of nitrogens with zero attached hydrogens (tertiary/aromatic N) is 2. The van der Waals surface area contributed by atoms with Crippen molar-refractivity contribution in [2.24, 2.45) is 5.92 Å². The first-order valence-corrected chi connectivity index (χ1v) is 10.8. The molecule has 2 aromatic carbocycles. The minimum atomic E-state index is -0.405. The Morgan fingerprint density at radius 1 is 1.18 bits per heavy atom. The van der Waals surface area contributed by atoms with E-state index in [0.29, 0.717) is 24.0 Å². The van der Waals surface area contributed by atoms with Crippen molar-refractivity contribution in [2.75, 3.05) is 7.11 Å². The molecule has 33 heavy (non-hydrogen) atoms. The minimum absolute atomic E-state index is 0.0431. The number of ether oxygens (including phenoxy) is 1. The van der Waals surface area contributed by atoms with Crippen molar-refractivity contribution in [1.29, 1.82) is 0 Å². The molecule has 0 N–H and O–H groups in total. The molecular weight excluding hydrogens is 420 g/mol. The van der Waals surface area contributed by atoms with E-state index < -0.39 is 4.92 Å². The Morgan fingerprint density at radius 3 is 2.70 bits per heavy atom. The maximum atomic E-state index is 13.1. The number of fused-ring (bicyclic) bond motifs is 1. The van der Waals surface area contributed by atoms with E-state index in [1.807, 2.05) is 24.4 Å². The third kappa shape index (κ3) is 4.67. The molecule has 1 heterocycles. The van der Waals surface area contributed by atoms with Crippen LogP contribution in [0.4, 0.5) is 5.69 Å². The summed E-state index contributed by atoms with van der Waals surface area (Å²) in [5.74, 6) is 0.528. The number of aryl methyl sites for hydroxylation is 1. The molecule has 0 aliphatic heterocycles. The molecule has 4 rings (SSSR count). The fraction of sp³-hybridized carbons (Fsp3) is 0.269. The van der Waals surface area contributed by atoms with Crippen LogP contribution in [0, 0.1) is 16.0 Å². The molecule has 0 bridgehead atoms. The normalized spacial score (nSPS) is 15.1. The SMILES string of the molecule is COc1ccc2c(c1)CCC(Cc1cc[n+](Cc3ccccc3[N+](=O)[O-])cc1C(C)=O)C2=O. The van der Waals surface area contributed by atoms with Crippen LogP contribution in [-0.4, -0.2) is 23.6 Å². The molecule has 0 amide bonds. The van der Waals surface area contributed by atoms with Crippen LogP contribution in [0.5, 0.6) is 5.75 Å². The standard InChI is InChI=1S/C26H25N2O5/c1-17(29)24-16-27(15-21-5-3-4-6-25(21)28(31)32)12-11-19(24)13-20-8-7-18-14-22(33-2)9-10-23(18)26(20)30/h3-6,9-12,14,16,20H,7-8,13,15H2,1-2H3/q+1. The van der Waals surface area contributed by atoms with E-state index in [4.69, 9.17) is 4.74 Å². The van der Waals surface area contributed by atoms with Crippen LogP contribution in [0.25, 0.3) is 0 Å². The van der Waals surface area contributed by atoms with Gasteiger partial charge in [0.15, 0.2) is 30.5 Å². The third-order valence-electron chi connectivity index (χ3n) is 6.21. The zero-order valence-corrected chi connectivity index (χ0v) is 18.6. The van der Waals surface area contributed by atoms with Gasteiger partial charge in [-0.3, -0.25) is 19.7 Å². The maximum absolute atomic E-state index is 13.1. The number of nitro benzene ring substituents is 1. The lowest BCUT2D eigenvalue weighted by Gasteiger charge is -2.24. The molecule has 1 atom stereocenters. The van der Waals surface area contributed by atoms with E-state index >= 15 is 0 Å². The highest BCUT2D eigenvalue weighted by atomic mass is 16.6. The summed E-state index contributed by atoms with van der Waals surface area (Å²) in [4.78, 5) is 36.4. The number of para-hydroxylation sites is 1. The molecule has 1 unspecified atom stereocenters. The van der Waals surface area contributed by atoms with E-state index in [2.05, 4.69) is 0 Å². The molecule has 0 saturated heterocycles. The number of benzene rings is 2. The zero-order chi connectivity index (χ0) is 23.5. The number of aromatic nitrogens is 1. The van der Waals surface area contributed by atoms with Gasteiger partial charge in [-0.25, -0.2) is 0 Å². The molecule has 1 aliphatic rings. The quantitative estimate of drug-likeness (QED) is 0.236. The van der Waals surface area contributed by atoms with E-state index in [0.717, 1.165) is 28.9 Å². The molecule has 1 aromatic heterocycles. The highest BCUT2D eigenvalue weighted by molar-refractivity contribution is 6.01. The van der Waals surface area contributed by atoms with Gasteiger partial charge in [0.05, 0.1) is 23.2 Å². The van der Waals surface area contributed by atoms with Gasteiger partial charge in [0.2, 0.25) is 0 Å². The molecule has 7 heteroatoms. The molecular formula is C26H25N2O5+. The van der Waals surface area contributed by atoms with Crippen molar-refractivity contribution >= 4 is 17.3 Å². The summed E-state index contributed by atoms with van der Waals surface area (Å²) in [6.07, 6.45) is 5.50. The van der Waals surface area contributed by atoms with Crippen molar-refractivity contribution in [3.05, 3.63) is 98.9 Å². The summed E-state index contributed by atoms with van der Waals surface area (Å²) in [5.41, 5.74) is 3.67. The average molecular weight is 445 g/mol. The zero-order valence-electron chi connectivity index (χ0n) is 18.6. The monoisotopic (exact) mass is 445 g/mol. The van der Waals surface area contributed by atoms with E-state index in [1.54, 1.807) is 42.1 Å². The Balaban J connectivity index is 1.58. The molecule has 1 aliphatic carbocycles. The largest absolute Gasteiger partial charge is 0.497 e. The highest BCUT2D eigenvalue weighted by Crippen LogP contribution is 2.31. The lowest BCUT2D eigenvalue weighted by Crippen LogP contribution is -2.35. The van der Waals surface area contributed by atoms with E-state index in [1.165, 1.54) is 13.0 Å². The summed E-state index contributed by atoms with van der Waals surface area (Å²) in [6.45, 7) is 1.77. The first kappa shape index (κ1) is 22.3. The molecule has 0 fully saturated rings. The van der Waals surface area contributed by atoms with Crippen LogP contribution in [0.2, 0.25) is 0 Å². The summed E-state index contributed by atoms with van der Waals surface area (Å²) in [6, 6.07) is 13.9. The van der Waals surface area contributed by atoms with Gasteiger partial charge >= 0.3 is 0 Å². The van der Waals surface area contributed by atoms with Crippen molar-refractivity contribution in [1.82, 2.24) is 0 Å². The van der Waals surface area contributed by atoms with Crippen LogP contribution in [0.3, 0.4) is 0 Å². The number of hydrogen-bond acceptors (Lipinski definition) is 5. The fourth-order valence-corrected chi connectivity index (χ4v) is 4.47. The van der Waals surface area contributed by atoms with Gasteiger partial charge in [-0.2, -0.15) is 4.57 Å². The van der Waals surface area contributed by atoms with Gasteiger partial charge in [0.25, 0.3) is 5.69 Å². The van der Waals surface area contributed by atoms with Crippen molar-refractivity contribution < 1.29 is 23.8 Å². The van der Waals surface area contributed by atoms with Gasteiger partial charge in [-0.15, -0.1) is 0 Å². The maximum Gasteiger partial charge on any atom is 0.278 e. The van der Waals surface area contributed by atoms with Crippen molar-refractivity contribution in [3.8, 4) is 5.75 Å². The number of rotatable bonds is 7. The van der Waals surface area contributed by atoms with Crippen molar-refractivity contribution in [2.45, 2.75) is 32.7 Å². The highest BCUT2D eigenvalue weighted by Gasteiger charge is 2.29. The Kier molecular flexibility index (Phi) is 6.31. The summed E-state index contributed by atoms with van der Waals surface area (Å²) in [7, 11) is 1.61. The minimum Gasteiger partial charge on any atom is -0.497 e. The summed E-state index contributed by atoms with van der Waals surface area (Å²) < 4.78 is 7.04. The molecule has 168 valence electrons. The van der Waals surface area contributed by atoms with E-state index in [-0.39, 0.29) is 29.7 Å². The summed E-state index contributed by atoms with van der Waals surface area (Å²) in [5, 5.41) is 11.3. The lowest BCUT2D eigenvalue weighted by atomic mass is 9.79. The lowest BCUT2D eigenvalue weighted by molar-refractivity contribution is -0.688. The number of methoxy groups -OCH3 is 1. The van der Waals surface area contributed by atoms with E-state index in [9.17, 15) is 19.7 Å². The number of carbonyl (C=O) groups is 2. The Bertz CT molecular complexity index is 1250. The van der Waals surface area contributed by atoms with Crippen LogP contribution in [0.15, 0.2) is 60.9 Å². The molecule has 3 aromatic rings. The Labute approximate surface area is 191 Å². The van der Waals surface area contributed by atoms with Gasteiger partial charge in [0.1, 0.15) is 5.75 Å². The second-order valence-corrected chi connectivity index (χ2v) is 8.33. The number of ketones is 2. The first-order chi connectivity index (χ1) is 15.9. The Hall–Kier alpha value is -3.87. The number of Topliss-reactive ketones (excluding diaryl/α,β-unsaturated/α-hetero) is 2. The molecule has 0 saturated carbocycles. The second kappa shape index (κ2) is 9.32. The van der Waals surface area contributed by atoms with Gasteiger partial charge in [-0.1, -0.05) is 12.1 Å². The number of nitro groups is 1. The Morgan fingerprint density at radius 2 is 1.97 bits per heavy atom.